The lowest BCUT2D eigenvalue weighted by Crippen LogP contribution is -2.15. The molecule has 0 amide bonds. The number of aromatic nitrogens is 1. The molecule has 0 bridgehead atoms. The maximum Gasteiger partial charge on any atom is 0.272 e. The monoisotopic (exact) mass is 190 g/mol. The standard InChI is InChI=1S/C7H8F2N2O2/c8-6(9)4-5(12)3(1-10)2-11-7(4)13/h2,6H,1,10H2,(H2,11,12,13). The van der Waals surface area contributed by atoms with Gasteiger partial charge < -0.3 is 15.8 Å². The Labute approximate surface area is 72.0 Å². The molecule has 13 heavy (non-hydrogen) atoms. The van der Waals surface area contributed by atoms with Gasteiger partial charge in [0.25, 0.3) is 12.0 Å². The maximum absolute atomic E-state index is 12.2. The normalized spacial score (nSPS) is 10.8. The van der Waals surface area contributed by atoms with E-state index in [9.17, 15) is 13.6 Å². The number of hydrogen-bond donors (Lipinski definition) is 3. The van der Waals surface area contributed by atoms with E-state index in [2.05, 4.69) is 4.98 Å². The molecular weight excluding hydrogens is 182 g/mol. The van der Waals surface area contributed by atoms with Crippen LogP contribution in [0.2, 0.25) is 0 Å². The Bertz CT molecular complexity index is 362. The minimum atomic E-state index is -3.00. The Morgan fingerprint density at radius 3 is 2.69 bits per heavy atom. The number of hydrogen-bond acceptors (Lipinski definition) is 3. The molecule has 4 nitrogen and oxygen atoms in total. The highest BCUT2D eigenvalue weighted by molar-refractivity contribution is 5.37. The van der Waals surface area contributed by atoms with Crippen LogP contribution in [0.1, 0.15) is 17.6 Å². The summed E-state index contributed by atoms with van der Waals surface area (Å²) in [6.07, 6.45) is -1.89. The molecule has 0 saturated carbocycles. The molecule has 0 aromatic carbocycles. The van der Waals surface area contributed by atoms with Gasteiger partial charge in [0.1, 0.15) is 11.3 Å². The second-order valence-corrected chi connectivity index (χ2v) is 2.41. The van der Waals surface area contributed by atoms with Crippen molar-refractivity contribution < 1.29 is 13.9 Å². The number of halogens is 2. The summed E-state index contributed by atoms with van der Waals surface area (Å²) in [6, 6.07) is 0. The van der Waals surface area contributed by atoms with Crippen LogP contribution in [0, 0.1) is 0 Å². The van der Waals surface area contributed by atoms with Crippen LogP contribution >= 0.6 is 0 Å². The van der Waals surface area contributed by atoms with Gasteiger partial charge in [-0.05, 0) is 0 Å². The van der Waals surface area contributed by atoms with Crippen molar-refractivity contribution in [3.05, 3.63) is 27.7 Å². The Morgan fingerprint density at radius 1 is 1.62 bits per heavy atom. The second-order valence-electron chi connectivity index (χ2n) is 2.41. The van der Waals surface area contributed by atoms with Gasteiger partial charge in [-0.2, -0.15) is 0 Å². The van der Waals surface area contributed by atoms with Crippen LogP contribution in [-0.2, 0) is 6.54 Å². The third kappa shape index (κ3) is 1.67. The van der Waals surface area contributed by atoms with Crippen LogP contribution < -0.4 is 11.3 Å². The molecule has 1 heterocycles. The number of nitrogens with two attached hydrogens (primary N) is 1. The van der Waals surface area contributed by atoms with E-state index in [1.807, 2.05) is 0 Å². The van der Waals surface area contributed by atoms with Gasteiger partial charge in [0.2, 0.25) is 0 Å². The largest absolute Gasteiger partial charge is 0.507 e. The number of rotatable bonds is 2. The Hall–Kier alpha value is -1.43. The van der Waals surface area contributed by atoms with Crippen molar-refractivity contribution in [2.24, 2.45) is 5.73 Å². The number of nitrogens with one attached hydrogen (secondary N) is 1. The van der Waals surface area contributed by atoms with E-state index in [0.717, 1.165) is 6.20 Å². The number of alkyl halides is 2. The minimum Gasteiger partial charge on any atom is -0.507 e. The predicted molar refractivity (Wildman–Crippen MR) is 41.6 cm³/mol. The van der Waals surface area contributed by atoms with Gasteiger partial charge in [-0.1, -0.05) is 0 Å². The lowest BCUT2D eigenvalue weighted by atomic mass is 10.2. The van der Waals surface area contributed by atoms with Gasteiger partial charge in [0.15, 0.2) is 0 Å². The fourth-order valence-corrected chi connectivity index (χ4v) is 0.937. The SMILES string of the molecule is NCc1c[nH]c(=O)c(C(F)F)c1O. The van der Waals surface area contributed by atoms with Crippen molar-refractivity contribution in [1.29, 1.82) is 0 Å². The van der Waals surface area contributed by atoms with E-state index in [0.29, 0.717) is 0 Å². The van der Waals surface area contributed by atoms with Crippen LogP contribution in [-0.4, -0.2) is 10.1 Å². The summed E-state index contributed by atoms with van der Waals surface area (Å²) >= 11 is 0. The zero-order valence-electron chi connectivity index (χ0n) is 6.55. The third-order valence-electron chi connectivity index (χ3n) is 1.62. The van der Waals surface area contributed by atoms with E-state index in [1.165, 1.54) is 0 Å². The van der Waals surface area contributed by atoms with Gasteiger partial charge in [0.05, 0.1) is 0 Å². The smallest absolute Gasteiger partial charge is 0.272 e. The van der Waals surface area contributed by atoms with Crippen molar-refractivity contribution in [3.8, 4) is 5.75 Å². The van der Waals surface area contributed by atoms with Crippen LogP contribution in [0.25, 0.3) is 0 Å². The summed E-state index contributed by atoms with van der Waals surface area (Å²) in [5, 5.41) is 9.16. The van der Waals surface area contributed by atoms with Crippen molar-refractivity contribution in [2.75, 3.05) is 0 Å². The molecule has 0 unspecified atom stereocenters. The number of aromatic amines is 1. The molecule has 0 radical (unpaired) electrons. The second kappa shape index (κ2) is 3.53. The molecule has 0 atom stereocenters. The summed E-state index contributed by atoms with van der Waals surface area (Å²) < 4.78 is 24.4. The van der Waals surface area contributed by atoms with E-state index in [-0.39, 0.29) is 12.1 Å². The van der Waals surface area contributed by atoms with Gasteiger partial charge in [-0.25, -0.2) is 8.78 Å². The van der Waals surface area contributed by atoms with Crippen molar-refractivity contribution in [2.45, 2.75) is 13.0 Å². The number of H-pyrrole nitrogens is 1. The maximum atomic E-state index is 12.2. The zero-order chi connectivity index (χ0) is 10.0. The first-order valence-electron chi connectivity index (χ1n) is 3.49. The summed E-state index contributed by atoms with van der Waals surface area (Å²) in [5.41, 5.74) is 3.31. The van der Waals surface area contributed by atoms with Crippen LogP contribution in [0.15, 0.2) is 11.0 Å². The molecular formula is C7H8F2N2O2. The predicted octanol–water partition coefficient (Wildman–Crippen LogP) is 0.477. The van der Waals surface area contributed by atoms with Crippen molar-refractivity contribution >= 4 is 0 Å². The molecule has 0 aliphatic rings. The van der Waals surface area contributed by atoms with Crippen LogP contribution in [0.3, 0.4) is 0 Å². The molecule has 4 N–H and O–H groups in total. The average Bonchev–Trinajstić information content (AvgIpc) is 2.04. The number of pyridine rings is 1. The summed E-state index contributed by atoms with van der Waals surface area (Å²) in [7, 11) is 0. The molecule has 1 aromatic rings. The Kier molecular flexibility index (Phi) is 2.62. The highest BCUT2D eigenvalue weighted by Gasteiger charge is 2.19. The third-order valence-corrected chi connectivity index (χ3v) is 1.62. The highest BCUT2D eigenvalue weighted by Crippen LogP contribution is 2.26. The molecule has 0 spiro atoms. The molecule has 0 fully saturated rings. The topological polar surface area (TPSA) is 79.1 Å². The lowest BCUT2D eigenvalue weighted by molar-refractivity contribution is 0.145. The molecule has 1 aromatic heterocycles. The van der Waals surface area contributed by atoms with Crippen molar-refractivity contribution in [3.63, 3.8) is 0 Å². The fraction of sp³-hybridized carbons (Fsp3) is 0.286. The minimum absolute atomic E-state index is 0.0925. The molecule has 6 heteroatoms. The van der Waals surface area contributed by atoms with Crippen LogP contribution in [0.4, 0.5) is 8.78 Å². The van der Waals surface area contributed by atoms with E-state index in [4.69, 9.17) is 10.8 Å². The average molecular weight is 190 g/mol. The molecule has 0 aliphatic heterocycles. The summed E-state index contributed by atoms with van der Waals surface area (Å²) in [5.74, 6) is -0.721. The molecule has 72 valence electrons. The zero-order valence-corrected chi connectivity index (χ0v) is 6.55. The molecule has 1 rings (SSSR count). The first-order valence-corrected chi connectivity index (χ1v) is 3.49. The first-order chi connectivity index (χ1) is 6.07. The summed E-state index contributed by atoms with van der Waals surface area (Å²) in [6.45, 7) is -0.109. The molecule has 0 aliphatic carbocycles. The van der Waals surface area contributed by atoms with E-state index >= 15 is 0 Å². The van der Waals surface area contributed by atoms with Crippen LogP contribution in [0.5, 0.6) is 5.75 Å². The Morgan fingerprint density at radius 2 is 2.23 bits per heavy atom. The molecule has 0 saturated heterocycles. The van der Waals surface area contributed by atoms with Gasteiger partial charge in [0, 0.05) is 18.3 Å². The Balaban J connectivity index is 3.39. The van der Waals surface area contributed by atoms with E-state index in [1.54, 1.807) is 0 Å². The van der Waals surface area contributed by atoms with Crippen molar-refractivity contribution in [1.82, 2.24) is 4.98 Å². The quantitative estimate of drug-likeness (QED) is 0.634. The fourth-order valence-electron chi connectivity index (χ4n) is 0.937. The summed E-state index contributed by atoms with van der Waals surface area (Å²) in [4.78, 5) is 12.9. The first kappa shape index (κ1) is 9.66. The lowest BCUT2D eigenvalue weighted by Gasteiger charge is -2.05. The van der Waals surface area contributed by atoms with Gasteiger partial charge in [-0.3, -0.25) is 4.79 Å². The highest BCUT2D eigenvalue weighted by atomic mass is 19.3. The van der Waals surface area contributed by atoms with E-state index < -0.39 is 23.3 Å². The number of aromatic hydroxyl groups is 1. The van der Waals surface area contributed by atoms with Gasteiger partial charge >= 0.3 is 0 Å². The van der Waals surface area contributed by atoms with Gasteiger partial charge in [-0.15, -0.1) is 0 Å².